The molecule has 0 unspecified atom stereocenters. The molecule has 0 radical (unpaired) electrons. The summed E-state index contributed by atoms with van der Waals surface area (Å²) >= 11 is 3.17. The second kappa shape index (κ2) is 5.14. The van der Waals surface area contributed by atoms with E-state index in [1.54, 1.807) is 0 Å². The van der Waals surface area contributed by atoms with Crippen molar-refractivity contribution in [3.8, 4) is 0 Å². The van der Waals surface area contributed by atoms with E-state index in [4.69, 9.17) is 0 Å². The molecule has 1 fully saturated rings. The number of H-pyrrole nitrogens is 1. The van der Waals surface area contributed by atoms with Gasteiger partial charge < -0.3 is 4.98 Å². The zero-order valence-electron chi connectivity index (χ0n) is 10.0. The molecular weight excluding hydrogens is 320 g/mol. The van der Waals surface area contributed by atoms with Crippen LogP contribution >= 0.6 is 15.9 Å². The fourth-order valence-corrected chi connectivity index (χ4v) is 4.03. The minimum Gasteiger partial charge on any atom is -0.327 e. The Balaban J connectivity index is 2.36. The molecule has 1 aromatic rings. The van der Waals surface area contributed by atoms with Gasteiger partial charge in [-0.1, -0.05) is 6.92 Å². The van der Waals surface area contributed by atoms with Crippen LogP contribution in [0.25, 0.3) is 0 Å². The molecule has 5 nitrogen and oxygen atoms in total. The number of rotatable bonds is 2. The Morgan fingerprint density at radius 1 is 1.39 bits per heavy atom. The van der Waals surface area contributed by atoms with Gasteiger partial charge in [-0.05, 0) is 40.8 Å². The van der Waals surface area contributed by atoms with Crippen LogP contribution in [-0.2, 0) is 10.0 Å². The summed E-state index contributed by atoms with van der Waals surface area (Å²) < 4.78 is 26.6. The summed E-state index contributed by atoms with van der Waals surface area (Å²) in [4.78, 5) is 13.9. The van der Waals surface area contributed by atoms with Crippen LogP contribution in [-0.4, -0.2) is 30.8 Å². The molecule has 2 rings (SSSR count). The lowest BCUT2D eigenvalue weighted by molar-refractivity contribution is 0.288. The molecule has 0 bridgehead atoms. The van der Waals surface area contributed by atoms with Gasteiger partial charge in [-0.25, -0.2) is 8.42 Å². The highest BCUT2D eigenvalue weighted by Crippen LogP contribution is 2.22. The minimum atomic E-state index is -3.68. The number of hydrogen-bond donors (Lipinski definition) is 1. The number of sulfonamides is 1. The highest BCUT2D eigenvalue weighted by Gasteiger charge is 2.30. The van der Waals surface area contributed by atoms with Gasteiger partial charge in [-0.15, -0.1) is 0 Å². The van der Waals surface area contributed by atoms with Gasteiger partial charge >= 0.3 is 0 Å². The van der Waals surface area contributed by atoms with E-state index in [-0.39, 0.29) is 4.90 Å². The van der Waals surface area contributed by atoms with Crippen LogP contribution in [0, 0.1) is 5.92 Å². The first kappa shape index (κ1) is 13.8. The minimum absolute atomic E-state index is 0.188. The van der Waals surface area contributed by atoms with Crippen molar-refractivity contribution in [1.82, 2.24) is 9.29 Å². The van der Waals surface area contributed by atoms with Gasteiger partial charge in [-0.2, -0.15) is 4.31 Å². The number of nitrogens with one attached hydrogen (secondary N) is 1. The molecule has 0 amide bonds. The SMILES string of the molecule is CC1CCN(S(=O)(=O)c2cc(Br)c[nH]c2=O)CC1. The van der Waals surface area contributed by atoms with Gasteiger partial charge in [0.15, 0.2) is 0 Å². The van der Waals surface area contributed by atoms with E-state index in [1.807, 2.05) is 0 Å². The zero-order valence-corrected chi connectivity index (χ0v) is 12.4. The highest BCUT2D eigenvalue weighted by molar-refractivity contribution is 9.10. The fraction of sp³-hybridized carbons (Fsp3) is 0.545. The van der Waals surface area contributed by atoms with Gasteiger partial charge in [0.05, 0.1) is 0 Å². The van der Waals surface area contributed by atoms with E-state index >= 15 is 0 Å². The summed E-state index contributed by atoms with van der Waals surface area (Å²) in [6.07, 6.45) is 3.11. The monoisotopic (exact) mass is 334 g/mol. The van der Waals surface area contributed by atoms with Crippen molar-refractivity contribution in [3.05, 3.63) is 27.1 Å². The smallest absolute Gasteiger partial charge is 0.268 e. The lowest BCUT2D eigenvalue weighted by Gasteiger charge is -2.29. The Hall–Kier alpha value is -0.660. The molecule has 0 spiro atoms. The first-order valence-electron chi connectivity index (χ1n) is 5.79. The third-order valence-corrected chi connectivity index (χ3v) is 5.56. The van der Waals surface area contributed by atoms with E-state index < -0.39 is 15.6 Å². The lowest BCUT2D eigenvalue weighted by Crippen LogP contribution is -2.39. The van der Waals surface area contributed by atoms with Gasteiger partial charge in [-0.3, -0.25) is 4.79 Å². The molecule has 1 aliphatic heterocycles. The molecule has 18 heavy (non-hydrogen) atoms. The highest BCUT2D eigenvalue weighted by atomic mass is 79.9. The summed E-state index contributed by atoms with van der Waals surface area (Å²) in [5.74, 6) is 0.539. The van der Waals surface area contributed by atoms with Gasteiger partial charge in [0, 0.05) is 23.8 Å². The second-order valence-electron chi connectivity index (χ2n) is 4.60. The van der Waals surface area contributed by atoms with Gasteiger partial charge in [0.25, 0.3) is 5.56 Å². The van der Waals surface area contributed by atoms with E-state index in [2.05, 4.69) is 27.8 Å². The van der Waals surface area contributed by atoms with Crippen LogP contribution in [0.5, 0.6) is 0 Å². The molecule has 1 aliphatic rings. The maximum Gasteiger partial charge on any atom is 0.268 e. The molecular formula is C11H15BrN2O3S. The van der Waals surface area contributed by atoms with Crippen molar-refractivity contribution in [3.63, 3.8) is 0 Å². The summed E-state index contributed by atoms with van der Waals surface area (Å²) in [7, 11) is -3.68. The second-order valence-corrected chi connectivity index (χ2v) is 7.42. The summed E-state index contributed by atoms with van der Waals surface area (Å²) in [5, 5.41) is 0. The van der Waals surface area contributed by atoms with Crippen LogP contribution in [0.4, 0.5) is 0 Å². The Bertz CT molecular complexity index is 589. The van der Waals surface area contributed by atoms with Crippen molar-refractivity contribution >= 4 is 26.0 Å². The molecule has 0 aromatic carbocycles. The molecule has 1 saturated heterocycles. The number of aromatic amines is 1. The molecule has 0 saturated carbocycles. The van der Waals surface area contributed by atoms with Crippen LogP contribution in [0.3, 0.4) is 0 Å². The van der Waals surface area contributed by atoms with Crippen LogP contribution in [0.2, 0.25) is 0 Å². The third-order valence-electron chi connectivity index (χ3n) is 3.19. The Labute approximate surface area is 114 Å². The number of hydrogen-bond acceptors (Lipinski definition) is 3. The van der Waals surface area contributed by atoms with Crippen molar-refractivity contribution in [2.45, 2.75) is 24.7 Å². The van der Waals surface area contributed by atoms with E-state index in [1.165, 1.54) is 16.6 Å². The first-order chi connectivity index (χ1) is 8.41. The Morgan fingerprint density at radius 3 is 2.61 bits per heavy atom. The number of piperidine rings is 1. The summed E-state index contributed by atoms with van der Waals surface area (Å²) in [6, 6.07) is 1.35. The molecule has 0 atom stereocenters. The fourth-order valence-electron chi connectivity index (χ4n) is 1.99. The maximum absolute atomic E-state index is 12.4. The Kier molecular flexibility index (Phi) is 3.93. The number of nitrogens with zero attached hydrogens (tertiary/aromatic N) is 1. The normalized spacial score (nSPS) is 19.0. The first-order valence-corrected chi connectivity index (χ1v) is 8.03. The largest absolute Gasteiger partial charge is 0.327 e. The molecule has 100 valence electrons. The van der Waals surface area contributed by atoms with Gasteiger partial charge in [0.2, 0.25) is 10.0 Å². The molecule has 0 aliphatic carbocycles. The van der Waals surface area contributed by atoms with Crippen molar-refractivity contribution in [2.75, 3.05) is 13.1 Å². The molecule has 2 heterocycles. The summed E-state index contributed by atoms with van der Waals surface area (Å²) in [5.41, 5.74) is -0.572. The quantitative estimate of drug-likeness (QED) is 0.892. The zero-order chi connectivity index (χ0) is 13.3. The van der Waals surface area contributed by atoms with Crippen molar-refractivity contribution < 1.29 is 8.42 Å². The number of halogens is 1. The molecule has 1 N–H and O–H groups in total. The maximum atomic E-state index is 12.4. The average Bonchev–Trinajstić information content (AvgIpc) is 2.32. The third kappa shape index (κ3) is 2.67. The standard InChI is InChI=1S/C11H15BrN2O3S/c1-8-2-4-14(5-3-8)18(16,17)10-6-9(12)7-13-11(10)15/h6-8H,2-5H2,1H3,(H,13,15). The molecule has 7 heteroatoms. The topological polar surface area (TPSA) is 70.2 Å². The lowest BCUT2D eigenvalue weighted by atomic mass is 10.0. The van der Waals surface area contributed by atoms with E-state index in [9.17, 15) is 13.2 Å². The molecule has 1 aromatic heterocycles. The number of aromatic nitrogens is 1. The van der Waals surface area contributed by atoms with Crippen molar-refractivity contribution in [2.24, 2.45) is 5.92 Å². The predicted octanol–water partition coefficient (Wildman–Crippen LogP) is 1.56. The van der Waals surface area contributed by atoms with E-state index in [0.717, 1.165) is 12.8 Å². The van der Waals surface area contributed by atoms with Crippen molar-refractivity contribution in [1.29, 1.82) is 0 Å². The van der Waals surface area contributed by atoms with Gasteiger partial charge in [0.1, 0.15) is 4.90 Å². The Morgan fingerprint density at radius 2 is 2.00 bits per heavy atom. The predicted molar refractivity (Wildman–Crippen MR) is 71.9 cm³/mol. The average molecular weight is 335 g/mol. The summed E-state index contributed by atoms with van der Waals surface area (Å²) in [6.45, 7) is 3.07. The van der Waals surface area contributed by atoms with Crippen LogP contribution < -0.4 is 5.56 Å². The van der Waals surface area contributed by atoms with Crippen LogP contribution in [0.1, 0.15) is 19.8 Å². The van der Waals surface area contributed by atoms with E-state index in [0.29, 0.717) is 23.5 Å². The number of pyridine rings is 1. The van der Waals surface area contributed by atoms with Crippen LogP contribution in [0.15, 0.2) is 26.4 Å².